The molecule has 1 heterocycles. The highest BCUT2D eigenvalue weighted by Gasteiger charge is 2.51. The van der Waals surface area contributed by atoms with Crippen LogP contribution < -0.4 is 10.6 Å². The molecule has 0 radical (unpaired) electrons. The molecule has 0 aromatic carbocycles. The summed E-state index contributed by atoms with van der Waals surface area (Å²) in [5.74, 6) is 3.98. The lowest BCUT2D eigenvalue weighted by molar-refractivity contribution is -0.124. The van der Waals surface area contributed by atoms with E-state index in [1.165, 1.54) is 31.0 Å². The van der Waals surface area contributed by atoms with E-state index in [0.29, 0.717) is 17.3 Å². The normalized spacial score (nSPS) is 32.6. The Labute approximate surface area is 151 Å². The van der Waals surface area contributed by atoms with Crippen LogP contribution in [0.4, 0.5) is 5.82 Å². The number of amides is 2. The van der Waals surface area contributed by atoms with Crippen LogP contribution in [-0.2, 0) is 9.59 Å². The standard InChI is InChI=1S/C18H25N3O3S/c1-11-2-15(21-24-11)19-16(22)9-25-10-17(23)20-18-6-12-3-13(7-18)5-14(4-12)8-18/h2,12-14H,3-10H2,1H3,(H,20,23)(H,19,21,22). The summed E-state index contributed by atoms with van der Waals surface area (Å²) < 4.78 is 4.91. The number of carbonyl (C=O) groups excluding carboxylic acids is 2. The third kappa shape index (κ3) is 3.86. The highest BCUT2D eigenvalue weighted by atomic mass is 32.2. The molecule has 0 saturated heterocycles. The van der Waals surface area contributed by atoms with Gasteiger partial charge in [0.1, 0.15) is 5.76 Å². The second-order valence-electron chi connectivity index (χ2n) is 8.11. The van der Waals surface area contributed by atoms with Crippen molar-refractivity contribution in [1.82, 2.24) is 10.5 Å². The zero-order valence-corrected chi connectivity index (χ0v) is 15.4. The number of aromatic nitrogens is 1. The number of thioether (sulfide) groups is 1. The Morgan fingerprint density at radius 1 is 1.16 bits per heavy atom. The van der Waals surface area contributed by atoms with Crippen molar-refractivity contribution in [3.63, 3.8) is 0 Å². The molecule has 25 heavy (non-hydrogen) atoms. The first-order valence-corrected chi connectivity index (χ1v) is 10.3. The van der Waals surface area contributed by atoms with Gasteiger partial charge in [-0.15, -0.1) is 11.8 Å². The van der Waals surface area contributed by atoms with E-state index in [1.807, 2.05) is 0 Å². The summed E-state index contributed by atoms with van der Waals surface area (Å²) in [5.41, 5.74) is 0.0485. The summed E-state index contributed by atoms with van der Waals surface area (Å²) >= 11 is 1.34. The molecule has 2 amide bonds. The van der Waals surface area contributed by atoms with E-state index >= 15 is 0 Å². The van der Waals surface area contributed by atoms with Gasteiger partial charge in [-0.1, -0.05) is 5.16 Å². The number of aryl methyl sites for hydroxylation is 1. The lowest BCUT2D eigenvalue weighted by Crippen LogP contribution is -2.60. The highest BCUT2D eigenvalue weighted by Crippen LogP contribution is 2.55. The Kier molecular flexibility index (Phi) is 4.52. The quantitative estimate of drug-likeness (QED) is 0.812. The van der Waals surface area contributed by atoms with Crippen LogP contribution in [0.25, 0.3) is 0 Å². The minimum Gasteiger partial charge on any atom is -0.360 e. The zero-order valence-electron chi connectivity index (χ0n) is 14.5. The van der Waals surface area contributed by atoms with E-state index in [2.05, 4.69) is 15.8 Å². The van der Waals surface area contributed by atoms with Gasteiger partial charge in [-0.05, 0) is 63.2 Å². The number of rotatable bonds is 6. The molecule has 4 bridgehead atoms. The molecule has 6 nitrogen and oxygen atoms in total. The average molecular weight is 363 g/mol. The van der Waals surface area contributed by atoms with Crippen LogP contribution in [0.5, 0.6) is 0 Å². The lowest BCUT2D eigenvalue weighted by Gasteiger charge is -2.56. The average Bonchev–Trinajstić information content (AvgIpc) is 2.90. The van der Waals surface area contributed by atoms with Gasteiger partial charge in [0.2, 0.25) is 11.8 Å². The highest BCUT2D eigenvalue weighted by molar-refractivity contribution is 8.00. The summed E-state index contributed by atoms with van der Waals surface area (Å²) in [7, 11) is 0. The zero-order chi connectivity index (χ0) is 17.4. The van der Waals surface area contributed by atoms with Crippen molar-refractivity contribution in [1.29, 1.82) is 0 Å². The van der Waals surface area contributed by atoms with E-state index in [0.717, 1.165) is 37.0 Å². The molecule has 0 unspecified atom stereocenters. The summed E-state index contributed by atoms with van der Waals surface area (Å²) in [6.45, 7) is 1.77. The number of nitrogens with one attached hydrogen (secondary N) is 2. The van der Waals surface area contributed by atoms with Gasteiger partial charge in [0.05, 0.1) is 11.5 Å². The molecule has 4 saturated carbocycles. The second-order valence-corrected chi connectivity index (χ2v) is 9.10. The van der Waals surface area contributed by atoms with E-state index in [9.17, 15) is 9.59 Å². The molecule has 0 spiro atoms. The molecule has 5 rings (SSSR count). The monoisotopic (exact) mass is 363 g/mol. The predicted molar refractivity (Wildman–Crippen MR) is 96.2 cm³/mol. The largest absolute Gasteiger partial charge is 0.360 e. The van der Waals surface area contributed by atoms with Crippen LogP contribution in [0.1, 0.15) is 44.3 Å². The van der Waals surface area contributed by atoms with Crippen LogP contribution in [0.2, 0.25) is 0 Å². The fourth-order valence-corrected chi connectivity index (χ4v) is 6.05. The van der Waals surface area contributed by atoms with E-state index in [1.54, 1.807) is 13.0 Å². The predicted octanol–water partition coefficient (Wildman–Crippen LogP) is 2.74. The van der Waals surface area contributed by atoms with Crippen molar-refractivity contribution in [2.24, 2.45) is 17.8 Å². The second kappa shape index (κ2) is 6.67. The number of nitrogens with zero attached hydrogens (tertiary/aromatic N) is 1. The van der Waals surface area contributed by atoms with Gasteiger partial charge < -0.3 is 15.2 Å². The van der Waals surface area contributed by atoms with E-state index < -0.39 is 0 Å². The molecule has 4 aliphatic carbocycles. The molecule has 2 N–H and O–H groups in total. The maximum atomic E-state index is 12.4. The molecular weight excluding hydrogens is 338 g/mol. The maximum absolute atomic E-state index is 12.4. The molecule has 136 valence electrons. The molecule has 0 aliphatic heterocycles. The third-order valence-electron chi connectivity index (χ3n) is 5.80. The summed E-state index contributed by atoms with van der Waals surface area (Å²) in [6, 6.07) is 1.67. The van der Waals surface area contributed by atoms with Crippen LogP contribution in [-0.4, -0.2) is 34.0 Å². The Morgan fingerprint density at radius 2 is 1.76 bits per heavy atom. The topological polar surface area (TPSA) is 84.2 Å². The first kappa shape index (κ1) is 16.9. The number of hydrogen-bond acceptors (Lipinski definition) is 5. The Hall–Kier alpha value is -1.50. The molecule has 4 fully saturated rings. The van der Waals surface area contributed by atoms with Gasteiger partial charge in [-0.25, -0.2) is 0 Å². The van der Waals surface area contributed by atoms with Crippen molar-refractivity contribution < 1.29 is 14.1 Å². The molecule has 4 aliphatic rings. The Morgan fingerprint density at radius 3 is 2.32 bits per heavy atom. The van der Waals surface area contributed by atoms with Gasteiger partial charge in [-0.3, -0.25) is 9.59 Å². The summed E-state index contributed by atoms with van der Waals surface area (Å²) in [6.07, 6.45) is 7.56. The molecule has 7 heteroatoms. The van der Waals surface area contributed by atoms with Crippen molar-refractivity contribution in [3.05, 3.63) is 11.8 Å². The van der Waals surface area contributed by atoms with Gasteiger partial charge in [0.15, 0.2) is 5.82 Å². The van der Waals surface area contributed by atoms with Crippen molar-refractivity contribution >= 4 is 29.4 Å². The fraction of sp³-hybridized carbons (Fsp3) is 0.722. The molecule has 1 aromatic heterocycles. The van der Waals surface area contributed by atoms with Crippen LogP contribution in [0.15, 0.2) is 10.6 Å². The first-order chi connectivity index (χ1) is 12.0. The van der Waals surface area contributed by atoms with Crippen LogP contribution in [0, 0.1) is 24.7 Å². The van der Waals surface area contributed by atoms with Crippen molar-refractivity contribution in [3.8, 4) is 0 Å². The third-order valence-corrected chi connectivity index (χ3v) is 6.74. The smallest absolute Gasteiger partial charge is 0.235 e. The van der Waals surface area contributed by atoms with Gasteiger partial charge in [-0.2, -0.15) is 0 Å². The van der Waals surface area contributed by atoms with E-state index in [-0.39, 0.29) is 23.1 Å². The minimum atomic E-state index is -0.166. The number of anilines is 1. The van der Waals surface area contributed by atoms with Gasteiger partial charge in [0, 0.05) is 11.6 Å². The molecular formula is C18H25N3O3S. The van der Waals surface area contributed by atoms with Crippen molar-refractivity contribution in [2.75, 3.05) is 16.8 Å². The fourth-order valence-electron chi connectivity index (χ4n) is 5.44. The van der Waals surface area contributed by atoms with Gasteiger partial charge in [0.25, 0.3) is 0 Å². The van der Waals surface area contributed by atoms with Crippen molar-refractivity contribution in [2.45, 2.75) is 51.0 Å². The minimum absolute atomic E-state index is 0.0485. The number of carbonyl (C=O) groups is 2. The Balaban J connectivity index is 1.21. The summed E-state index contributed by atoms with van der Waals surface area (Å²) in [5, 5.41) is 9.72. The van der Waals surface area contributed by atoms with Crippen LogP contribution in [0.3, 0.4) is 0 Å². The van der Waals surface area contributed by atoms with Gasteiger partial charge >= 0.3 is 0 Å². The lowest BCUT2D eigenvalue weighted by atomic mass is 9.53. The molecule has 1 aromatic rings. The Bertz CT molecular complexity index is 637. The van der Waals surface area contributed by atoms with E-state index in [4.69, 9.17) is 4.52 Å². The maximum Gasteiger partial charge on any atom is 0.235 e. The number of hydrogen-bond donors (Lipinski definition) is 2. The van der Waals surface area contributed by atoms with Crippen LogP contribution >= 0.6 is 11.8 Å². The summed E-state index contributed by atoms with van der Waals surface area (Å²) in [4.78, 5) is 24.2. The first-order valence-electron chi connectivity index (χ1n) is 9.12. The molecule has 0 atom stereocenters. The SMILES string of the molecule is Cc1cc(NC(=O)CSCC(=O)NC23CC4CC(CC(C4)C2)C3)no1.